The van der Waals surface area contributed by atoms with Gasteiger partial charge in [-0.1, -0.05) is 72.4 Å². The average Bonchev–Trinajstić information content (AvgIpc) is 2.70. The van der Waals surface area contributed by atoms with E-state index in [1.54, 1.807) is 16.3 Å². The second-order valence-corrected chi connectivity index (χ2v) is 7.48. The molecule has 0 unspecified atom stereocenters. The molecule has 0 aliphatic heterocycles. The number of thioether (sulfide) groups is 1. The first kappa shape index (κ1) is 17.6. The van der Waals surface area contributed by atoms with Gasteiger partial charge in [-0.05, 0) is 42.7 Å². The molecule has 0 spiro atoms. The highest BCUT2D eigenvalue weighted by atomic mass is 32.2. The highest BCUT2D eigenvalue weighted by Crippen LogP contribution is 2.23. The Labute approximate surface area is 162 Å². The lowest BCUT2D eigenvalue weighted by Gasteiger charge is -2.15. The van der Waals surface area contributed by atoms with Crippen LogP contribution >= 0.6 is 11.8 Å². The summed E-state index contributed by atoms with van der Waals surface area (Å²) in [7, 11) is 0. The normalized spacial score (nSPS) is 11.0. The summed E-state index contributed by atoms with van der Waals surface area (Å²) in [5.41, 5.74) is 3.96. The summed E-state index contributed by atoms with van der Waals surface area (Å²) < 4.78 is 1.76. The predicted molar refractivity (Wildman–Crippen MR) is 113 cm³/mol. The van der Waals surface area contributed by atoms with Crippen LogP contribution in [0.15, 0.2) is 88.8 Å². The van der Waals surface area contributed by atoms with Crippen LogP contribution in [0.3, 0.4) is 0 Å². The Morgan fingerprint density at radius 2 is 1.59 bits per heavy atom. The lowest BCUT2D eigenvalue weighted by molar-refractivity contribution is 0.814. The summed E-state index contributed by atoms with van der Waals surface area (Å²) in [6, 6.07) is 25.9. The van der Waals surface area contributed by atoms with Crippen molar-refractivity contribution < 1.29 is 0 Å². The molecule has 1 heterocycles. The number of hydrogen-bond donors (Lipinski definition) is 0. The van der Waals surface area contributed by atoms with Gasteiger partial charge in [0.15, 0.2) is 5.16 Å². The Hall–Kier alpha value is -2.85. The number of hydrogen-bond acceptors (Lipinski definition) is 3. The van der Waals surface area contributed by atoms with Crippen LogP contribution in [0.5, 0.6) is 0 Å². The third kappa shape index (κ3) is 3.67. The van der Waals surface area contributed by atoms with Gasteiger partial charge in [-0.2, -0.15) is 0 Å². The van der Waals surface area contributed by atoms with Crippen molar-refractivity contribution in [2.24, 2.45) is 0 Å². The van der Waals surface area contributed by atoms with E-state index in [0.29, 0.717) is 5.39 Å². The van der Waals surface area contributed by atoms with Crippen molar-refractivity contribution in [3.05, 3.63) is 100 Å². The standard InChI is InChI=1S/C23H20N2OS/c1-17-9-5-8-14-21(17)25-22(26)19-12-6-7-13-20(19)24-23(25)27-16-15-18-10-3-2-4-11-18/h2-14H,15-16H2,1H3. The van der Waals surface area contributed by atoms with E-state index in [2.05, 4.69) is 24.3 Å². The van der Waals surface area contributed by atoms with Crippen LogP contribution in [-0.4, -0.2) is 15.3 Å². The van der Waals surface area contributed by atoms with Crippen LogP contribution in [0.25, 0.3) is 16.6 Å². The third-order valence-corrected chi connectivity index (χ3v) is 5.51. The second-order valence-electron chi connectivity index (χ2n) is 6.42. The van der Waals surface area contributed by atoms with Crippen LogP contribution < -0.4 is 5.56 Å². The summed E-state index contributed by atoms with van der Waals surface area (Å²) in [6.07, 6.45) is 0.933. The van der Waals surface area contributed by atoms with Crippen LogP contribution in [0, 0.1) is 6.92 Å². The Morgan fingerprint density at radius 1 is 0.889 bits per heavy atom. The molecule has 0 aliphatic rings. The van der Waals surface area contributed by atoms with Crippen LogP contribution in [0.4, 0.5) is 0 Å². The van der Waals surface area contributed by atoms with Gasteiger partial charge in [0.05, 0.1) is 16.6 Å². The van der Waals surface area contributed by atoms with Gasteiger partial charge in [0.1, 0.15) is 0 Å². The highest BCUT2D eigenvalue weighted by molar-refractivity contribution is 7.99. The molecular formula is C23H20N2OS. The van der Waals surface area contributed by atoms with Crippen LogP contribution in [-0.2, 0) is 6.42 Å². The fourth-order valence-electron chi connectivity index (χ4n) is 3.14. The molecule has 27 heavy (non-hydrogen) atoms. The average molecular weight is 372 g/mol. The SMILES string of the molecule is Cc1ccccc1-n1c(SCCc2ccccc2)nc2ccccc2c1=O. The molecule has 3 nitrogen and oxygen atoms in total. The maximum atomic E-state index is 13.2. The molecule has 0 aliphatic carbocycles. The molecule has 0 saturated carbocycles. The third-order valence-electron chi connectivity index (χ3n) is 4.57. The first-order valence-electron chi connectivity index (χ1n) is 8.98. The first-order chi connectivity index (χ1) is 13.2. The minimum absolute atomic E-state index is 0.0166. The maximum Gasteiger partial charge on any atom is 0.266 e. The molecule has 4 aromatic rings. The molecule has 0 N–H and O–H groups in total. The molecule has 0 saturated heterocycles. The van der Waals surface area contributed by atoms with Gasteiger partial charge in [0.25, 0.3) is 5.56 Å². The zero-order valence-electron chi connectivity index (χ0n) is 15.1. The Kier molecular flexibility index (Phi) is 5.07. The Balaban J connectivity index is 1.77. The van der Waals surface area contributed by atoms with Gasteiger partial charge in [0, 0.05) is 5.75 Å². The fourth-order valence-corrected chi connectivity index (χ4v) is 4.13. The summed E-state index contributed by atoms with van der Waals surface area (Å²) in [4.78, 5) is 18.1. The van der Waals surface area contributed by atoms with Gasteiger partial charge in [0.2, 0.25) is 0 Å². The summed E-state index contributed by atoms with van der Waals surface area (Å²) in [5, 5.41) is 1.39. The molecule has 4 heteroatoms. The minimum Gasteiger partial charge on any atom is -0.268 e. The van der Waals surface area contributed by atoms with E-state index < -0.39 is 0 Å². The lowest BCUT2D eigenvalue weighted by Crippen LogP contribution is -2.22. The van der Waals surface area contributed by atoms with Crippen molar-refractivity contribution in [3.8, 4) is 5.69 Å². The quantitative estimate of drug-likeness (QED) is 0.364. The first-order valence-corrected chi connectivity index (χ1v) is 9.97. The maximum absolute atomic E-state index is 13.2. The monoisotopic (exact) mass is 372 g/mol. The Bertz CT molecular complexity index is 1140. The fraction of sp³-hybridized carbons (Fsp3) is 0.130. The molecule has 0 radical (unpaired) electrons. The molecule has 0 amide bonds. The number of para-hydroxylation sites is 2. The van der Waals surface area contributed by atoms with Gasteiger partial charge in [-0.3, -0.25) is 9.36 Å². The number of aromatic nitrogens is 2. The smallest absolute Gasteiger partial charge is 0.266 e. The topological polar surface area (TPSA) is 34.9 Å². The number of nitrogens with zero attached hydrogens (tertiary/aromatic N) is 2. The van der Waals surface area contributed by atoms with Gasteiger partial charge < -0.3 is 0 Å². The molecule has 4 rings (SSSR count). The van der Waals surface area contributed by atoms with Crippen LogP contribution in [0.2, 0.25) is 0 Å². The van der Waals surface area contributed by atoms with E-state index in [-0.39, 0.29) is 5.56 Å². The van der Waals surface area contributed by atoms with Crippen molar-refractivity contribution in [1.29, 1.82) is 0 Å². The highest BCUT2D eigenvalue weighted by Gasteiger charge is 2.14. The van der Waals surface area contributed by atoms with Gasteiger partial charge >= 0.3 is 0 Å². The van der Waals surface area contributed by atoms with E-state index in [0.717, 1.165) is 34.1 Å². The summed E-state index contributed by atoms with van der Waals surface area (Å²) in [5.74, 6) is 0.862. The van der Waals surface area contributed by atoms with Crippen molar-refractivity contribution in [1.82, 2.24) is 9.55 Å². The zero-order valence-corrected chi connectivity index (χ0v) is 15.9. The van der Waals surface area contributed by atoms with Crippen molar-refractivity contribution >= 4 is 22.7 Å². The largest absolute Gasteiger partial charge is 0.268 e. The molecule has 0 bridgehead atoms. The van der Waals surface area contributed by atoms with E-state index in [9.17, 15) is 4.79 Å². The molecule has 134 valence electrons. The number of benzene rings is 3. The zero-order chi connectivity index (χ0) is 18.6. The van der Waals surface area contributed by atoms with Crippen molar-refractivity contribution in [3.63, 3.8) is 0 Å². The van der Waals surface area contributed by atoms with E-state index >= 15 is 0 Å². The van der Waals surface area contributed by atoms with Crippen molar-refractivity contribution in [2.45, 2.75) is 18.5 Å². The summed E-state index contributed by atoms with van der Waals surface area (Å²) in [6.45, 7) is 2.02. The molecule has 1 aromatic heterocycles. The lowest BCUT2D eigenvalue weighted by atomic mass is 10.2. The molecule has 0 atom stereocenters. The molecule has 0 fully saturated rings. The van der Waals surface area contributed by atoms with Crippen molar-refractivity contribution in [2.75, 3.05) is 5.75 Å². The van der Waals surface area contributed by atoms with E-state index in [4.69, 9.17) is 4.98 Å². The second kappa shape index (κ2) is 7.80. The van der Waals surface area contributed by atoms with E-state index in [1.165, 1.54) is 5.56 Å². The minimum atomic E-state index is -0.0166. The number of rotatable bonds is 5. The van der Waals surface area contributed by atoms with Gasteiger partial charge in [-0.15, -0.1) is 0 Å². The summed E-state index contributed by atoms with van der Waals surface area (Å²) >= 11 is 1.63. The number of fused-ring (bicyclic) bond motifs is 1. The van der Waals surface area contributed by atoms with Gasteiger partial charge in [-0.25, -0.2) is 4.98 Å². The Morgan fingerprint density at radius 3 is 2.41 bits per heavy atom. The number of aryl methyl sites for hydroxylation is 2. The van der Waals surface area contributed by atoms with Crippen LogP contribution in [0.1, 0.15) is 11.1 Å². The molecule has 3 aromatic carbocycles. The molecular weight excluding hydrogens is 352 g/mol. The van der Waals surface area contributed by atoms with E-state index in [1.807, 2.05) is 61.5 Å². The predicted octanol–water partition coefficient (Wildman–Crippen LogP) is 5.03.